The van der Waals surface area contributed by atoms with Crippen molar-refractivity contribution < 1.29 is 4.79 Å². The Morgan fingerprint density at radius 1 is 1.04 bits per heavy atom. The third-order valence-corrected chi connectivity index (χ3v) is 4.40. The van der Waals surface area contributed by atoms with E-state index in [-0.39, 0.29) is 16.0 Å². The zero-order valence-electron chi connectivity index (χ0n) is 12.8. The molecule has 0 spiro atoms. The summed E-state index contributed by atoms with van der Waals surface area (Å²) >= 11 is 7.42. The van der Waals surface area contributed by atoms with E-state index >= 15 is 0 Å². The third kappa shape index (κ3) is 4.88. The van der Waals surface area contributed by atoms with Gasteiger partial charge in [0, 0.05) is 10.5 Å². The molecule has 1 amide bonds. The highest BCUT2D eigenvalue weighted by molar-refractivity contribution is 8.04. The Balaban J connectivity index is 2.14. The van der Waals surface area contributed by atoms with Crippen molar-refractivity contribution in [1.82, 2.24) is 5.32 Å². The monoisotopic (exact) mass is 342 g/mol. The van der Waals surface area contributed by atoms with Crippen LogP contribution in [0.5, 0.6) is 0 Å². The predicted molar refractivity (Wildman–Crippen MR) is 94.2 cm³/mol. The number of hydrogen-bond acceptors (Lipinski definition) is 3. The topological polar surface area (TPSA) is 52.9 Å². The van der Waals surface area contributed by atoms with Crippen molar-refractivity contribution in [2.75, 3.05) is 0 Å². The average molecular weight is 343 g/mol. The van der Waals surface area contributed by atoms with Crippen molar-refractivity contribution in [3.05, 3.63) is 75.3 Å². The number of nitrogens with one attached hydrogen (secondary N) is 1. The van der Waals surface area contributed by atoms with Crippen molar-refractivity contribution >= 4 is 29.3 Å². The van der Waals surface area contributed by atoms with Gasteiger partial charge in [-0.1, -0.05) is 58.8 Å². The summed E-state index contributed by atoms with van der Waals surface area (Å²) < 4.78 is 0.233. The number of benzene rings is 2. The fraction of sp³-hybridized carbons (Fsp3) is 0.111. The maximum Gasteiger partial charge on any atom is 0.256 e. The zero-order chi connectivity index (χ0) is 16.8. The molecule has 2 rings (SSSR count). The number of nitrogens with zero attached hydrogens (tertiary/aromatic N) is 1. The summed E-state index contributed by atoms with van der Waals surface area (Å²) in [6.45, 7) is 3.94. The van der Waals surface area contributed by atoms with E-state index in [2.05, 4.69) is 5.32 Å². The van der Waals surface area contributed by atoms with E-state index < -0.39 is 0 Å². The molecule has 5 heteroatoms. The van der Waals surface area contributed by atoms with Crippen molar-refractivity contribution in [1.29, 1.82) is 5.26 Å². The van der Waals surface area contributed by atoms with Crippen LogP contribution in [0, 0.1) is 25.2 Å². The smallest absolute Gasteiger partial charge is 0.256 e. The highest BCUT2D eigenvalue weighted by Crippen LogP contribution is 2.31. The van der Waals surface area contributed by atoms with Crippen LogP contribution in [-0.2, 0) is 0 Å². The van der Waals surface area contributed by atoms with Crippen LogP contribution in [0.3, 0.4) is 0 Å². The molecule has 0 radical (unpaired) electrons. The molecule has 3 nitrogen and oxygen atoms in total. The number of nitriles is 1. The van der Waals surface area contributed by atoms with Gasteiger partial charge in [-0.3, -0.25) is 4.79 Å². The number of halogens is 1. The molecule has 2 aromatic carbocycles. The second-order valence-corrected chi connectivity index (χ2v) is 6.68. The van der Waals surface area contributed by atoms with Crippen molar-refractivity contribution in [3.63, 3.8) is 0 Å². The summed E-state index contributed by atoms with van der Waals surface area (Å²) in [5, 5.41) is 11.8. The van der Waals surface area contributed by atoms with Crippen LogP contribution < -0.4 is 5.32 Å². The van der Waals surface area contributed by atoms with Crippen molar-refractivity contribution in [3.8, 4) is 6.07 Å². The van der Waals surface area contributed by atoms with Crippen molar-refractivity contribution in [2.24, 2.45) is 0 Å². The lowest BCUT2D eigenvalue weighted by Gasteiger charge is -2.07. The first kappa shape index (κ1) is 17.1. The van der Waals surface area contributed by atoms with Gasteiger partial charge in [0.05, 0.1) is 0 Å². The molecule has 0 saturated carbocycles. The minimum absolute atomic E-state index is 0.0443. The standard InChI is InChI=1S/C18H15ClN2OS/c1-12-3-7-14(8-4-12)18(22)21-16(11-20)17(19)23-15-9-5-13(2)6-10-15/h3-10H,1-2H3,(H,21,22)/b17-16+. The molecule has 116 valence electrons. The van der Waals surface area contributed by atoms with Crippen LogP contribution >= 0.6 is 23.4 Å². The largest absolute Gasteiger partial charge is 0.311 e. The number of hydrogen-bond donors (Lipinski definition) is 1. The van der Waals surface area contributed by atoms with Gasteiger partial charge in [-0.15, -0.1) is 0 Å². The number of allylic oxidation sites excluding steroid dienone is 1. The van der Waals surface area contributed by atoms with Gasteiger partial charge in [0.1, 0.15) is 16.1 Å². The Bertz CT molecular complexity index is 774. The summed E-state index contributed by atoms with van der Waals surface area (Å²) in [5.41, 5.74) is 2.73. The molecule has 23 heavy (non-hydrogen) atoms. The molecule has 2 aromatic rings. The summed E-state index contributed by atoms with van der Waals surface area (Å²) in [7, 11) is 0. The van der Waals surface area contributed by atoms with Crippen LogP contribution in [0.15, 0.2) is 63.5 Å². The number of carbonyl (C=O) groups excluding carboxylic acids is 1. The maximum absolute atomic E-state index is 12.2. The minimum Gasteiger partial charge on any atom is -0.311 e. The molecule has 0 unspecified atom stereocenters. The maximum atomic E-state index is 12.2. The normalized spacial score (nSPS) is 11.4. The first-order valence-electron chi connectivity index (χ1n) is 6.92. The summed E-state index contributed by atoms with van der Waals surface area (Å²) in [6, 6.07) is 16.8. The quantitative estimate of drug-likeness (QED) is 0.644. The molecule has 0 aliphatic heterocycles. The molecule has 0 saturated heterocycles. The van der Waals surface area contributed by atoms with Gasteiger partial charge >= 0.3 is 0 Å². The number of carbonyl (C=O) groups is 1. The lowest BCUT2D eigenvalue weighted by Crippen LogP contribution is -2.22. The molecule has 0 aliphatic rings. The highest BCUT2D eigenvalue weighted by Gasteiger charge is 2.12. The Morgan fingerprint density at radius 2 is 1.57 bits per heavy atom. The van der Waals surface area contributed by atoms with Crippen LogP contribution in [0.1, 0.15) is 21.5 Å². The van der Waals surface area contributed by atoms with Crippen molar-refractivity contribution in [2.45, 2.75) is 18.7 Å². The SMILES string of the molecule is Cc1ccc(S/C(Cl)=C(\C#N)NC(=O)c2ccc(C)cc2)cc1. The number of aryl methyl sites for hydroxylation is 2. The van der Waals surface area contributed by atoms with E-state index in [0.29, 0.717) is 5.56 Å². The van der Waals surface area contributed by atoms with Gasteiger partial charge in [0.2, 0.25) is 0 Å². The average Bonchev–Trinajstić information content (AvgIpc) is 2.55. The van der Waals surface area contributed by atoms with E-state index in [1.165, 1.54) is 11.8 Å². The Labute approximate surface area is 145 Å². The van der Waals surface area contributed by atoms with E-state index in [4.69, 9.17) is 11.6 Å². The number of amides is 1. The van der Waals surface area contributed by atoms with Crippen LogP contribution in [0.4, 0.5) is 0 Å². The third-order valence-electron chi connectivity index (χ3n) is 3.09. The second-order valence-electron chi connectivity index (χ2n) is 5.00. The Kier molecular flexibility index (Phi) is 5.86. The molecule has 0 aromatic heterocycles. The van der Waals surface area contributed by atoms with Gasteiger partial charge in [0.25, 0.3) is 5.91 Å². The summed E-state index contributed by atoms with van der Waals surface area (Å²) in [4.78, 5) is 13.1. The van der Waals surface area contributed by atoms with E-state index in [1.807, 2.05) is 56.3 Å². The molecule has 0 heterocycles. The molecule has 1 N–H and O–H groups in total. The predicted octanol–water partition coefficient (Wildman–Crippen LogP) is 4.76. The zero-order valence-corrected chi connectivity index (χ0v) is 14.3. The minimum atomic E-state index is -0.357. The van der Waals surface area contributed by atoms with E-state index in [9.17, 15) is 10.1 Å². The Hall–Kier alpha value is -2.22. The molecule has 0 fully saturated rings. The molecular formula is C18H15ClN2OS. The van der Waals surface area contributed by atoms with Gasteiger partial charge in [0.15, 0.2) is 0 Å². The molecule has 0 atom stereocenters. The summed E-state index contributed by atoms with van der Waals surface area (Å²) in [6.07, 6.45) is 0. The fourth-order valence-electron chi connectivity index (χ4n) is 1.77. The molecule has 0 bridgehead atoms. The van der Waals surface area contributed by atoms with Gasteiger partial charge in [-0.25, -0.2) is 0 Å². The van der Waals surface area contributed by atoms with Crippen LogP contribution in [0.2, 0.25) is 0 Å². The highest BCUT2D eigenvalue weighted by atomic mass is 35.5. The lowest BCUT2D eigenvalue weighted by molar-refractivity contribution is 0.0967. The fourth-order valence-corrected chi connectivity index (χ4v) is 2.81. The Morgan fingerprint density at radius 3 is 2.09 bits per heavy atom. The van der Waals surface area contributed by atoms with Crippen LogP contribution in [-0.4, -0.2) is 5.91 Å². The van der Waals surface area contributed by atoms with Gasteiger partial charge < -0.3 is 5.32 Å². The first-order chi connectivity index (χ1) is 11.0. The number of rotatable bonds is 4. The second kappa shape index (κ2) is 7.87. The van der Waals surface area contributed by atoms with E-state index in [0.717, 1.165) is 16.0 Å². The van der Waals surface area contributed by atoms with Crippen LogP contribution in [0.25, 0.3) is 0 Å². The van der Waals surface area contributed by atoms with Gasteiger partial charge in [-0.05, 0) is 38.1 Å². The lowest BCUT2D eigenvalue weighted by atomic mass is 10.1. The molecule has 0 aliphatic carbocycles. The van der Waals surface area contributed by atoms with Gasteiger partial charge in [-0.2, -0.15) is 5.26 Å². The van der Waals surface area contributed by atoms with E-state index in [1.54, 1.807) is 12.1 Å². The first-order valence-corrected chi connectivity index (χ1v) is 8.11. The number of thioether (sulfide) groups is 1. The summed E-state index contributed by atoms with van der Waals surface area (Å²) in [5.74, 6) is -0.357. The molecular weight excluding hydrogens is 328 g/mol.